The van der Waals surface area contributed by atoms with Crippen LogP contribution in [0.4, 0.5) is 5.13 Å². The molecule has 0 aliphatic heterocycles. The number of hydrogen-bond acceptors (Lipinski definition) is 6. The van der Waals surface area contributed by atoms with Gasteiger partial charge in [-0.25, -0.2) is 9.78 Å². The van der Waals surface area contributed by atoms with Crippen LogP contribution in [0.3, 0.4) is 0 Å². The molecule has 0 aliphatic carbocycles. The lowest BCUT2D eigenvalue weighted by molar-refractivity contribution is 0.102. The number of benzene rings is 3. The van der Waals surface area contributed by atoms with E-state index in [0.29, 0.717) is 27.1 Å². The first kappa shape index (κ1) is 20.5. The van der Waals surface area contributed by atoms with Crippen LogP contribution in [0.25, 0.3) is 22.2 Å². The van der Waals surface area contributed by atoms with Crippen LogP contribution in [0.5, 0.6) is 0 Å². The number of carbonyl (C=O) groups is 2. The first-order valence-electron chi connectivity index (χ1n) is 10.1. The maximum Gasteiger partial charge on any atom is 0.349 e. The maximum absolute atomic E-state index is 13.2. The van der Waals surface area contributed by atoms with Crippen LogP contribution < -0.4 is 10.9 Å². The molecule has 160 valence electrons. The lowest BCUT2D eigenvalue weighted by atomic mass is 10.1. The van der Waals surface area contributed by atoms with Crippen molar-refractivity contribution in [2.24, 2.45) is 0 Å². The molecule has 6 nitrogen and oxygen atoms in total. The lowest BCUT2D eigenvalue weighted by Crippen LogP contribution is -2.20. The van der Waals surface area contributed by atoms with Crippen molar-refractivity contribution < 1.29 is 14.0 Å². The van der Waals surface area contributed by atoms with Gasteiger partial charge in [0.1, 0.15) is 16.0 Å². The lowest BCUT2D eigenvalue weighted by Gasteiger charge is -2.02. The van der Waals surface area contributed by atoms with Gasteiger partial charge in [0.05, 0.1) is 5.69 Å². The number of anilines is 1. The molecule has 0 saturated heterocycles. The van der Waals surface area contributed by atoms with Gasteiger partial charge in [-0.1, -0.05) is 90.2 Å². The van der Waals surface area contributed by atoms with E-state index in [9.17, 15) is 14.4 Å². The standard InChI is InChI=1S/C26H16N2O4S/c29-22(17-11-5-2-6-12-17)23-21(16-9-3-1-4-10-16)27-26(33-23)28-24(30)19-15-18-13-7-8-14-20(18)32-25(19)31/h1-15H,(H,27,28,30). The molecule has 1 N–H and O–H groups in total. The van der Waals surface area contributed by atoms with Crippen LogP contribution in [-0.4, -0.2) is 16.7 Å². The zero-order valence-corrected chi connectivity index (χ0v) is 18.0. The van der Waals surface area contributed by atoms with Gasteiger partial charge < -0.3 is 4.42 Å². The van der Waals surface area contributed by atoms with Gasteiger partial charge >= 0.3 is 5.63 Å². The summed E-state index contributed by atoms with van der Waals surface area (Å²) in [5.74, 6) is -0.848. The molecule has 2 aromatic heterocycles. The number of amides is 1. The molecular weight excluding hydrogens is 436 g/mol. The average Bonchev–Trinajstić information content (AvgIpc) is 3.27. The SMILES string of the molecule is O=C(c1ccccc1)c1sc(NC(=O)c2cc3ccccc3oc2=O)nc1-c1ccccc1. The van der Waals surface area contributed by atoms with Crippen LogP contribution in [0.2, 0.25) is 0 Å². The smallest absolute Gasteiger partial charge is 0.349 e. The Bertz CT molecular complexity index is 1540. The van der Waals surface area contributed by atoms with Crippen LogP contribution in [-0.2, 0) is 0 Å². The summed E-state index contributed by atoms with van der Waals surface area (Å²) < 4.78 is 5.26. The minimum Gasteiger partial charge on any atom is -0.422 e. The average molecular weight is 452 g/mol. The van der Waals surface area contributed by atoms with Gasteiger partial charge in [0.15, 0.2) is 5.13 Å². The van der Waals surface area contributed by atoms with Crippen LogP contribution in [0.15, 0.2) is 100 Å². The Morgan fingerprint density at radius 2 is 1.52 bits per heavy atom. The number of hydrogen-bond donors (Lipinski definition) is 1. The number of ketones is 1. The van der Waals surface area contributed by atoms with E-state index in [1.165, 1.54) is 6.07 Å². The van der Waals surface area contributed by atoms with Crippen molar-refractivity contribution in [1.82, 2.24) is 4.98 Å². The zero-order chi connectivity index (χ0) is 22.8. The van der Waals surface area contributed by atoms with Crippen LogP contribution in [0, 0.1) is 0 Å². The van der Waals surface area contributed by atoms with Gasteiger partial charge in [-0.2, -0.15) is 0 Å². The zero-order valence-electron chi connectivity index (χ0n) is 17.1. The van der Waals surface area contributed by atoms with E-state index in [2.05, 4.69) is 10.3 Å². The molecule has 3 aromatic carbocycles. The van der Waals surface area contributed by atoms with E-state index in [4.69, 9.17) is 4.42 Å². The summed E-state index contributed by atoms with van der Waals surface area (Å²) in [6, 6.07) is 26.6. The third kappa shape index (κ3) is 4.09. The molecule has 0 saturated carbocycles. The first-order valence-corrected chi connectivity index (χ1v) is 10.9. The molecule has 0 unspecified atom stereocenters. The quantitative estimate of drug-likeness (QED) is 0.285. The topological polar surface area (TPSA) is 89.3 Å². The van der Waals surface area contributed by atoms with Crippen molar-refractivity contribution in [2.75, 3.05) is 5.32 Å². The summed E-state index contributed by atoms with van der Waals surface area (Å²) in [6.45, 7) is 0. The summed E-state index contributed by atoms with van der Waals surface area (Å²) in [4.78, 5) is 43.4. The van der Waals surface area contributed by atoms with Gasteiger partial charge in [-0.3, -0.25) is 14.9 Å². The maximum atomic E-state index is 13.2. The minimum absolute atomic E-state index is 0.138. The largest absolute Gasteiger partial charge is 0.422 e. The van der Waals surface area contributed by atoms with Crippen molar-refractivity contribution >= 4 is 39.1 Å². The molecule has 7 heteroatoms. The number of fused-ring (bicyclic) bond motifs is 1. The van der Waals surface area contributed by atoms with E-state index < -0.39 is 11.5 Å². The van der Waals surface area contributed by atoms with Crippen molar-refractivity contribution in [3.8, 4) is 11.3 Å². The molecule has 0 fully saturated rings. The summed E-state index contributed by atoms with van der Waals surface area (Å²) in [7, 11) is 0. The minimum atomic E-state index is -0.744. The number of aromatic nitrogens is 1. The molecule has 33 heavy (non-hydrogen) atoms. The predicted molar refractivity (Wildman–Crippen MR) is 128 cm³/mol. The molecule has 0 spiro atoms. The highest BCUT2D eigenvalue weighted by Gasteiger charge is 2.23. The van der Waals surface area contributed by atoms with Crippen LogP contribution >= 0.6 is 11.3 Å². The van der Waals surface area contributed by atoms with Gasteiger partial charge in [0.2, 0.25) is 5.78 Å². The van der Waals surface area contributed by atoms with Gasteiger partial charge in [-0.05, 0) is 12.1 Å². The monoisotopic (exact) mass is 452 g/mol. The second-order valence-electron chi connectivity index (χ2n) is 7.20. The number of nitrogens with zero attached hydrogens (tertiary/aromatic N) is 1. The summed E-state index contributed by atoms with van der Waals surface area (Å²) in [5.41, 5.74) is 1.25. The third-order valence-corrected chi connectivity index (χ3v) is 5.99. The molecule has 0 atom stereocenters. The van der Waals surface area contributed by atoms with Crippen molar-refractivity contribution in [3.05, 3.63) is 117 Å². The molecule has 5 aromatic rings. The predicted octanol–water partition coefficient (Wildman–Crippen LogP) is 5.40. The number of para-hydroxylation sites is 1. The Hall–Kier alpha value is -4.36. The Morgan fingerprint density at radius 3 is 2.27 bits per heavy atom. The van der Waals surface area contributed by atoms with E-state index in [1.54, 1.807) is 48.5 Å². The second-order valence-corrected chi connectivity index (χ2v) is 8.20. The molecular formula is C26H16N2O4S. The van der Waals surface area contributed by atoms with E-state index in [-0.39, 0.29) is 16.5 Å². The normalized spacial score (nSPS) is 10.8. The molecule has 0 aliphatic rings. The number of nitrogens with one attached hydrogen (secondary N) is 1. The highest BCUT2D eigenvalue weighted by molar-refractivity contribution is 7.18. The summed E-state index contributed by atoms with van der Waals surface area (Å²) in [5, 5.41) is 3.50. The fourth-order valence-electron chi connectivity index (χ4n) is 3.42. The Morgan fingerprint density at radius 1 is 0.848 bits per heavy atom. The van der Waals surface area contributed by atoms with Crippen molar-refractivity contribution in [2.45, 2.75) is 0 Å². The Labute approximate surface area is 192 Å². The molecule has 0 bridgehead atoms. The highest BCUT2D eigenvalue weighted by atomic mass is 32.1. The number of rotatable bonds is 5. The Kier molecular flexibility index (Phi) is 5.38. The van der Waals surface area contributed by atoms with Crippen molar-refractivity contribution in [1.29, 1.82) is 0 Å². The van der Waals surface area contributed by atoms with E-state index in [0.717, 1.165) is 16.9 Å². The van der Waals surface area contributed by atoms with E-state index >= 15 is 0 Å². The second kappa shape index (κ2) is 8.64. The number of thiazole rings is 1. The highest BCUT2D eigenvalue weighted by Crippen LogP contribution is 2.33. The third-order valence-electron chi connectivity index (χ3n) is 5.02. The molecule has 2 heterocycles. The summed E-state index contributed by atoms with van der Waals surface area (Å²) >= 11 is 1.06. The van der Waals surface area contributed by atoms with E-state index in [1.807, 2.05) is 36.4 Å². The summed E-state index contributed by atoms with van der Waals surface area (Å²) in [6.07, 6.45) is 0. The van der Waals surface area contributed by atoms with Crippen LogP contribution in [0.1, 0.15) is 25.6 Å². The Balaban J connectivity index is 1.53. The fourth-order valence-corrected chi connectivity index (χ4v) is 4.37. The first-order chi connectivity index (χ1) is 16.1. The van der Waals surface area contributed by atoms with Gasteiger partial charge in [-0.15, -0.1) is 0 Å². The van der Waals surface area contributed by atoms with Gasteiger partial charge in [0.25, 0.3) is 5.91 Å². The fraction of sp³-hybridized carbons (Fsp3) is 0. The van der Waals surface area contributed by atoms with Gasteiger partial charge in [0, 0.05) is 16.5 Å². The van der Waals surface area contributed by atoms with Crippen molar-refractivity contribution in [3.63, 3.8) is 0 Å². The molecule has 0 radical (unpaired) electrons. The molecule has 1 amide bonds. The number of carbonyl (C=O) groups excluding carboxylic acids is 2. The molecule has 5 rings (SSSR count).